The number of carbonyl (C=O) groups excluding carboxylic acids is 1. The molecular weight excluding hydrogens is 342 g/mol. The van der Waals surface area contributed by atoms with Crippen LogP contribution in [-0.4, -0.2) is 22.2 Å². The Labute approximate surface area is 149 Å². The van der Waals surface area contributed by atoms with Crippen LogP contribution in [0.3, 0.4) is 0 Å². The second-order valence-electron chi connectivity index (χ2n) is 5.87. The first kappa shape index (κ1) is 18.9. The lowest BCUT2D eigenvalue weighted by molar-refractivity contribution is -0.385. The number of carbonyl (C=O) groups is 2. The van der Waals surface area contributed by atoms with Crippen LogP contribution in [0.4, 0.5) is 10.5 Å². The third kappa shape index (κ3) is 4.56. The van der Waals surface area contributed by atoms with Crippen molar-refractivity contribution in [3.63, 3.8) is 0 Å². The van der Waals surface area contributed by atoms with E-state index in [0.29, 0.717) is 0 Å². The fourth-order valence-corrected chi connectivity index (χ4v) is 2.37. The van der Waals surface area contributed by atoms with Crippen LogP contribution < -0.4 is 9.47 Å². The molecule has 0 aliphatic heterocycles. The minimum Gasteiger partial charge on any atom is -0.449 e. The average Bonchev–Trinajstić information content (AvgIpc) is 2.57. The summed E-state index contributed by atoms with van der Waals surface area (Å²) >= 11 is 0. The highest BCUT2D eigenvalue weighted by atomic mass is 16.7. The van der Waals surface area contributed by atoms with Crippen molar-refractivity contribution in [1.82, 2.24) is 0 Å². The van der Waals surface area contributed by atoms with E-state index in [4.69, 9.17) is 14.6 Å². The van der Waals surface area contributed by atoms with E-state index in [0.717, 1.165) is 6.07 Å². The van der Waals surface area contributed by atoms with Gasteiger partial charge >= 0.3 is 17.8 Å². The Morgan fingerprint density at radius 3 is 2.31 bits per heavy atom. The van der Waals surface area contributed by atoms with Gasteiger partial charge in [0.05, 0.1) is 10.5 Å². The molecule has 0 spiro atoms. The molecule has 136 valence electrons. The van der Waals surface area contributed by atoms with Crippen LogP contribution >= 0.6 is 0 Å². The number of hydrogen-bond acceptors (Lipinski definition) is 6. The highest BCUT2D eigenvalue weighted by Crippen LogP contribution is 2.39. The zero-order chi connectivity index (χ0) is 19.3. The molecule has 0 saturated carbocycles. The molecule has 2 rings (SSSR count). The summed E-state index contributed by atoms with van der Waals surface area (Å²) in [7, 11) is 0. The molecule has 0 unspecified atom stereocenters. The van der Waals surface area contributed by atoms with Crippen molar-refractivity contribution >= 4 is 17.8 Å². The molecule has 0 heterocycles. The van der Waals surface area contributed by atoms with Crippen LogP contribution in [0.25, 0.3) is 0 Å². The zero-order valence-corrected chi connectivity index (χ0v) is 14.2. The van der Waals surface area contributed by atoms with Gasteiger partial charge in [0.25, 0.3) is 0 Å². The molecule has 0 aromatic heterocycles. The van der Waals surface area contributed by atoms with Crippen LogP contribution in [0.5, 0.6) is 11.5 Å². The number of carboxylic acid groups (broad SMARTS) is 1. The molecular formula is C18H17NO7. The lowest BCUT2D eigenvalue weighted by Gasteiger charge is -2.15. The van der Waals surface area contributed by atoms with Crippen molar-refractivity contribution in [2.75, 3.05) is 0 Å². The third-order valence-corrected chi connectivity index (χ3v) is 3.41. The molecule has 0 amide bonds. The van der Waals surface area contributed by atoms with Gasteiger partial charge in [-0.1, -0.05) is 32.0 Å². The maximum atomic E-state index is 12.4. The second-order valence-corrected chi connectivity index (χ2v) is 5.87. The molecule has 0 radical (unpaired) electrons. The maximum absolute atomic E-state index is 12.4. The highest BCUT2D eigenvalue weighted by Gasteiger charge is 2.27. The molecule has 0 bridgehead atoms. The Kier molecular flexibility index (Phi) is 5.90. The summed E-state index contributed by atoms with van der Waals surface area (Å²) < 4.78 is 10.0. The molecule has 8 heteroatoms. The summed E-state index contributed by atoms with van der Waals surface area (Å²) in [5, 5.41) is 20.3. The van der Waals surface area contributed by atoms with E-state index < -0.39 is 22.7 Å². The predicted octanol–water partition coefficient (Wildman–Crippen LogP) is 4.07. The van der Waals surface area contributed by atoms with Gasteiger partial charge in [-0.25, -0.2) is 9.59 Å². The van der Waals surface area contributed by atoms with E-state index in [2.05, 4.69) is 0 Å². The molecule has 0 saturated heterocycles. The average molecular weight is 359 g/mol. The number of nitro benzene ring substituents is 1. The van der Waals surface area contributed by atoms with Crippen LogP contribution in [-0.2, 0) is 6.42 Å². The monoisotopic (exact) mass is 359 g/mol. The normalized spacial score (nSPS) is 10.4. The molecule has 26 heavy (non-hydrogen) atoms. The van der Waals surface area contributed by atoms with Gasteiger partial charge < -0.3 is 14.6 Å². The number of rotatable bonds is 6. The topological polar surface area (TPSA) is 116 Å². The Hall–Kier alpha value is -3.42. The van der Waals surface area contributed by atoms with Gasteiger partial charge in [-0.2, -0.15) is 0 Å². The Bertz CT molecular complexity index is 831. The lowest BCUT2D eigenvalue weighted by atomic mass is 10.00. The van der Waals surface area contributed by atoms with Gasteiger partial charge in [-0.3, -0.25) is 10.1 Å². The van der Waals surface area contributed by atoms with Crippen LogP contribution in [0.2, 0.25) is 0 Å². The van der Waals surface area contributed by atoms with E-state index >= 15 is 0 Å². The number of nitro groups is 1. The van der Waals surface area contributed by atoms with Gasteiger partial charge in [0.2, 0.25) is 5.75 Å². The Balaban J connectivity index is 2.56. The fourth-order valence-electron chi connectivity index (χ4n) is 2.37. The summed E-state index contributed by atoms with van der Waals surface area (Å²) in [6.45, 7) is 3.68. The number of esters is 1. The third-order valence-electron chi connectivity index (χ3n) is 3.41. The van der Waals surface area contributed by atoms with Crippen molar-refractivity contribution in [3.8, 4) is 11.5 Å². The minimum atomic E-state index is -1.57. The standard InChI is InChI=1S/C18H17NO7/c1-11(2)10-13-15(25-18(21)22)9-8-14(19(23)24)16(13)26-17(20)12-6-4-3-5-7-12/h3-9,11H,10H2,1-2H3,(H,21,22). The predicted molar refractivity (Wildman–Crippen MR) is 91.7 cm³/mol. The summed E-state index contributed by atoms with van der Waals surface area (Å²) in [5.74, 6) is -1.20. The van der Waals surface area contributed by atoms with Gasteiger partial charge in [-0.05, 0) is 30.5 Å². The number of hydrogen-bond donors (Lipinski definition) is 1. The molecule has 0 atom stereocenters. The van der Waals surface area contributed by atoms with Crippen molar-refractivity contribution in [2.24, 2.45) is 5.92 Å². The molecule has 2 aromatic carbocycles. The van der Waals surface area contributed by atoms with Crippen molar-refractivity contribution < 1.29 is 29.1 Å². The molecule has 8 nitrogen and oxygen atoms in total. The number of benzene rings is 2. The van der Waals surface area contributed by atoms with Crippen LogP contribution in [0.1, 0.15) is 29.8 Å². The smallest absolute Gasteiger partial charge is 0.449 e. The maximum Gasteiger partial charge on any atom is 0.511 e. The fraction of sp³-hybridized carbons (Fsp3) is 0.222. The minimum absolute atomic E-state index is 0.00215. The molecule has 0 aliphatic carbocycles. The van der Waals surface area contributed by atoms with Gasteiger partial charge in [-0.15, -0.1) is 0 Å². The second kappa shape index (κ2) is 8.11. The summed E-state index contributed by atoms with van der Waals surface area (Å²) in [6, 6.07) is 10.2. The van der Waals surface area contributed by atoms with E-state index in [9.17, 15) is 19.7 Å². The largest absolute Gasteiger partial charge is 0.511 e. The van der Waals surface area contributed by atoms with Crippen molar-refractivity contribution in [3.05, 3.63) is 63.7 Å². The first-order valence-corrected chi connectivity index (χ1v) is 7.77. The first-order valence-electron chi connectivity index (χ1n) is 7.77. The quantitative estimate of drug-likeness (QED) is 0.272. The summed E-state index contributed by atoms with van der Waals surface area (Å²) in [6.07, 6.45) is -1.34. The summed E-state index contributed by atoms with van der Waals surface area (Å²) in [5.41, 5.74) is -0.0783. The van der Waals surface area contributed by atoms with Crippen LogP contribution in [0, 0.1) is 16.0 Å². The molecule has 1 N–H and O–H groups in total. The van der Waals surface area contributed by atoms with Gasteiger partial charge in [0.15, 0.2) is 0 Å². The van der Waals surface area contributed by atoms with Gasteiger partial charge in [0.1, 0.15) is 5.75 Å². The number of ether oxygens (including phenoxy) is 2. The Morgan fingerprint density at radius 2 is 1.77 bits per heavy atom. The van der Waals surface area contributed by atoms with E-state index in [1.165, 1.54) is 18.2 Å². The zero-order valence-electron chi connectivity index (χ0n) is 14.2. The highest BCUT2D eigenvalue weighted by molar-refractivity contribution is 5.91. The first-order chi connectivity index (χ1) is 12.3. The van der Waals surface area contributed by atoms with E-state index in [-0.39, 0.29) is 35.0 Å². The van der Waals surface area contributed by atoms with E-state index in [1.54, 1.807) is 18.2 Å². The Morgan fingerprint density at radius 1 is 1.12 bits per heavy atom. The van der Waals surface area contributed by atoms with E-state index in [1.807, 2.05) is 13.8 Å². The SMILES string of the molecule is CC(C)Cc1c(OC(=O)O)ccc([N+](=O)[O-])c1OC(=O)c1ccccc1. The van der Waals surface area contributed by atoms with Crippen molar-refractivity contribution in [1.29, 1.82) is 0 Å². The molecule has 2 aromatic rings. The van der Waals surface area contributed by atoms with Crippen LogP contribution in [0.15, 0.2) is 42.5 Å². The van der Waals surface area contributed by atoms with Gasteiger partial charge in [0, 0.05) is 11.6 Å². The van der Waals surface area contributed by atoms with Crippen molar-refractivity contribution in [2.45, 2.75) is 20.3 Å². The lowest BCUT2D eigenvalue weighted by Crippen LogP contribution is -2.14. The molecule has 0 aliphatic rings. The summed E-state index contributed by atoms with van der Waals surface area (Å²) in [4.78, 5) is 34.0. The molecule has 0 fully saturated rings. The number of nitrogens with zero attached hydrogens (tertiary/aromatic N) is 1.